The lowest BCUT2D eigenvalue weighted by molar-refractivity contribution is -0.127. The summed E-state index contributed by atoms with van der Waals surface area (Å²) >= 11 is 1.18. The Labute approximate surface area is 121 Å². The van der Waals surface area contributed by atoms with Gasteiger partial charge in [0, 0.05) is 12.5 Å². The van der Waals surface area contributed by atoms with Crippen LogP contribution >= 0.6 is 11.8 Å². The molecule has 0 aliphatic heterocycles. The maximum absolute atomic E-state index is 11.7. The Balaban J connectivity index is 1.72. The fourth-order valence-corrected chi connectivity index (χ4v) is 2.16. The second-order valence-corrected chi connectivity index (χ2v) is 5.58. The van der Waals surface area contributed by atoms with Gasteiger partial charge in [-0.05, 0) is 26.7 Å². The van der Waals surface area contributed by atoms with Crippen molar-refractivity contribution in [2.45, 2.75) is 43.9 Å². The van der Waals surface area contributed by atoms with E-state index in [1.807, 2.05) is 6.92 Å². The summed E-state index contributed by atoms with van der Waals surface area (Å²) in [6.07, 6.45) is 2.19. The van der Waals surface area contributed by atoms with Gasteiger partial charge in [-0.15, -0.1) is 10.2 Å². The van der Waals surface area contributed by atoms with Gasteiger partial charge in [0.15, 0.2) is 0 Å². The van der Waals surface area contributed by atoms with Gasteiger partial charge in [0.05, 0.1) is 5.75 Å². The number of aromatic nitrogens is 2. The van der Waals surface area contributed by atoms with Crippen LogP contribution in [0.2, 0.25) is 0 Å². The maximum Gasteiger partial charge on any atom is 0.277 e. The molecule has 2 N–H and O–H groups in total. The zero-order valence-electron chi connectivity index (χ0n) is 11.5. The standard InChI is InChI=1S/C12H18N4O3S/c1-3-13-10(18)7(2)14-9(17)6-20-12-16-15-11(19-12)8-4-5-8/h7-8H,3-6H2,1-2H3,(H,13,18)(H,14,17)/t7-/m1/s1. The van der Waals surface area contributed by atoms with Crippen molar-refractivity contribution in [3.05, 3.63) is 5.89 Å². The number of thioether (sulfide) groups is 1. The predicted octanol–water partition coefficient (Wildman–Crippen LogP) is 0.680. The van der Waals surface area contributed by atoms with Crippen LogP contribution < -0.4 is 10.6 Å². The van der Waals surface area contributed by atoms with Crippen molar-refractivity contribution in [3.8, 4) is 0 Å². The third-order valence-electron chi connectivity index (χ3n) is 2.80. The van der Waals surface area contributed by atoms with Crippen LogP contribution in [0.4, 0.5) is 0 Å². The average Bonchev–Trinajstić information content (AvgIpc) is 3.16. The molecule has 1 atom stereocenters. The van der Waals surface area contributed by atoms with E-state index in [4.69, 9.17) is 4.42 Å². The van der Waals surface area contributed by atoms with E-state index in [-0.39, 0.29) is 17.6 Å². The van der Waals surface area contributed by atoms with Gasteiger partial charge < -0.3 is 15.1 Å². The van der Waals surface area contributed by atoms with Crippen molar-refractivity contribution in [2.24, 2.45) is 0 Å². The normalized spacial score (nSPS) is 15.7. The topological polar surface area (TPSA) is 97.1 Å². The van der Waals surface area contributed by atoms with E-state index in [1.165, 1.54) is 11.8 Å². The highest BCUT2D eigenvalue weighted by Crippen LogP contribution is 2.39. The summed E-state index contributed by atoms with van der Waals surface area (Å²) in [5.74, 6) is 0.780. The molecule has 1 saturated carbocycles. The highest BCUT2D eigenvalue weighted by molar-refractivity contribution is 7.99. The molecule has 2 rings (SSSR count). The zero-order valence-corrected chi connectivity index (χ0v) is 12.3. The van der Waals surface area contributed by atoms with Crippen molar-refractivity contribution in [1.29, 1.82) is 0 Å². The number of carbonyl (C=O) groups excluding carboxylic acids is 2. The van der Waals surface area contributed by atoms with Crippen LogP contribution in [-0.4, -0.2) is 40.4 Å². The second-order valence-electron chi connectivity index (χ2n) is 4.65. The number of likely N-dealkylation sites (N-methyl/N-ethyl adjacent to an activating group) is 1. The molecule has 0 saturated heterocycles. The van der Waals surface area contributed by atoms with Gasteiger partial charge in [-0.3, -0.25) is 9.59 Å². The third kappa shape index (κ3) is 4.22. The molecule has 1 aliphatic carbocycles. The van der Waals surface area contributed by atoms with Crippen molar-refractivity contribution in [2.75, 3.05) is 12.3 Å². The van der Waals surface area contributed by atoms with Gasteiger partial charge in [-0.25, -0.2) is 0 Å². The Kier molecular flexibility index (Phi) is 4.99. The van der Waals surface area contributed by atoms with E-state index in [0.29, 0.717) is 23.6 Å². The molecule has 0 spiro atoms. The summed E-state index contributed by atoms with van der Waals surface area (Å²) in [6.45, 7) is 4.01. The fraction of sp³-hybridized carbons (Fsp3) is 0.667. The largest absolute Gasteiger partial charge is 0.416 e. The van der Waals surface area contributed by atoms with Crippen LogP contribution in [0.5, 0.6) is 0 Å². The van der Waals surface area contributed by atoms with Gasteiger partial charge >= 0.3 is 0 Å². The number of amides is 2. The molecule has 1 heterocycles. The van der Waals surface area contributed by atoms with E-state index >= 15 is 0 Å². The van der Waals surface area contributed by atoms with Crippen LogP contribution in [0, 0.1) is 0 Å². The van der Waals surface area contributed by atoms with Gasteiger partial charge in [-0.1, -0.05) is 11.8 Å². The average molecular weight is 298 g/mol. The number of hydrogen-bond acceptors (Lipinski definition) is 6. The molecule has 20 heavy (non-hydrogen) atoms. The predicted molar refractivity (Wildman–Crippen MR) is 73.3 cm³/mol. The third-order valence-corrected chi connectivity index (χ3v) is 3.62. The van der Waals surface area contributed by atoms with Crippen LogP contribution in [0.15, 0.2) is 9.64 Å². The Morgan fingerprint density at radius 2 is 2.20 bits per heavy atom. The Morgan fingerprint density at radius 1 is 1.45 bits per heavy atom. The monoisotopic (exact) mass is 298 g/mol. The number of nitrogens with zero attached hydrogens (tertiary/aromatic N) is 2. The van der Waals surface area contributed by atoms with Gasteiger partial charge in [0.2, 0.25) is 17.7 Å². The lowest BCUT2D eigenvalue weighted by Gasteiger charge is -2.12. The van der Waals surface area contributed by atoms with Crippen LogP contribution in [-0.2, 0) is 9.59 Å². The Hall–Kier alpha value is -1.57. The summed E-state index contributed by atoms with van der Waals surface area (Å²) in [4.78, 5) is 23.2. The molecule has 7 nitrogen and oxygen atoms in total. The molecule has 1 aromatic heterocycles. The summed E-state index contributed by atoms with van der Waals surface area (Å²) in [7, 11) is 0. The number of hydrogen-bond donors (Lipinski definition) is 2. The van der Waals surface area contributed by atoms with Crippen LogP contribution in [0.3, 0.4) is 0 Å². The number of nitrogens with one attached hydrogen (secondary N) is 2. The Bertz CT molecular complexity index is 487. The second kappa shape index (κ2) is 6.74. The molecular weight excluding hydrogens is 280 g/mol. The first kappa shape index (κ1) is 14.8. The summed E-state index contributed by atoms with van der Waals surface area (Å²) < 4.78 is 5.43. The van der Waals surface area contributed by atoms with Crippen molar-refractivity contribution in [3.63, 3.8) is 0 Å². The van der Waals surface area contributed by atoms with Crippen molar-refractivity contribution >= 4 is 23.6 Å². The summed E-state index contributed by atoms with van der Waals surface area (Å²) in [6, 6.07) is -0.548. The van der Waals surface area contributed by atoms with E-state index in [1.54, 1.807) is 6.92 Å². The molecule has 1 fully saturated rings. The first-order valence-electron chi connectivity index (χ1n) is 6.63. The first-order chi connectivity index (χ1) is 9.60. The molecule has 8 heteroatoms. The summed E-state index contributed by atoms with van der Waals surface area (Å²) in [5, 5.41) is 13.5. The molecule has 1 aliphatic rings. The van der Waals surface area contributed by atoms with Crippen LogP contribution in [0.25, 0.3) is 0 Å². The van der Waals surface area contributed by atoms with Gasteiger partial charge in [0.1, 0.15) is 6.04 Å². The van der Waals surface area contributed by atoms with Gasteiger partial charge in [0.25, 0.3) is 5.22 Å². The number of carbonyl (C=O) groups is 2. The minimum Gasteiger partial charge on any atom is -0.416 e. The molecule has 2 amide bonds. The quantitative estimate of drug-likeness (QED) is 0.718. The zero-order chi connectivity index (χ0) is 14.5. The Morgan fingerprint density at radius 3 is 2.85 bits per heavy atom. The molecule has 0 radical (unpaired) electrons. The van der Waals surface area contributed by atoms with Crippen molar-refractivity contribution < 1.29 is 14.0 Å². The molecular formula is C12H18N4O3S. The van der Waals surface area contributed by atoms with Gasteiger partial charge in [-0.2, -0.15) is 0 Å². The smallest absolute Gasteiger partial charge is 0.277 e. The minimum atomic E-state index is -0.548. The molecule has 1 aromatic rings. The lowest BCUT2D eigenvalue weighted by atomic mass is 10.3. The fourth-order valence-electron chi connectivity index (χ4n) is 1.58. The molecule has 110 valence electrons. The SMILES string of the molecule is CCNC(=O)[C@@H](C)NC(=O)CSc1nnc(C2CC2)o1. The van der Waals surface area contributed by atoms with E-state index in [0.717, 1.165) is 12.8 Å². The maximum atomic E-state index is 11.7. The first-order valence-corrected chi connectivity index (χ1v) is 7.62. The van der Waals surface area contributed by atoms with E-state index in [2.05, 4.69) is 20.8 Å². The highest BCUT2D eigenvalue weighted by Gasteiger charge is 2.29. The van der Waals surface area contributed by atoms with E-state index in [9.17, 15) is 9.59 Å². The van der Waals surface area contributed by atoms with E-state index < -0.39 is 6.04 Å². The molecule has 0 unspecified atom stereocenters. The minimum absolute atomic E-state index is 0.149. The summed E-state index contributed by atoms with van der Waals surface area (Å²) in [5.41, 5.74) is 0. The highest BCUT2D eigenvalue weighted by atomic mass is 32.2. The van der Waals surface area contributed by atoms with Crippen LogP contribution in [0.1, 0.15) is 38.5 Å². The number of rotatable bonds is 7. The lowest BCUT2D eigenvalue weighted by Crippen LogP contribution is -2.45. The van der Waals surface area contributed by atoms with Crippen molar-refractivity contribution in [1.82, 2.24) is 20.8 Å². The molecule has 0 aromatic carbocycles. The molecule has 0 bridgehead atoms.